The lowest BCUT2D eigenvalue weighted by Crippen LogP contribution is -2.39. The van der Waals surface area contributed by atoms with Crippen LogP contribution in [0.3, 0.4) is 0 Å². The van der Waals surface area contributed by atoms with Gasteiger partial charge in [0.05, 0.1) is 6.54 Å². The molecule has 4 N–H and O–H groups in total. The van der Waals surface area contributed by atoms with Crippen LogP contribution in [0.5, 0.6) is 0 Å². The number of aromatic nitrogens is 2. The smallest absolute Gasteiger partial charge is 0.316 e. The quantitative estimate of drug-likeness (QED) is 0.654. The standard InChI is InChI=1S/C11H21N5O2/c1-6(2)9(10(12)17)14-11-16-15-8(18-11)5-13-7(3)4/h6-7,9,13H,5H2,1-4H3,(H2,12,17)(H,14,16). The number of nitrogens with two attached hydrogens (primary N) is 1. The summed E-state index contributed by atoms with van der Waals surface area (Å²) in [5.41, 5.74) is 5.29. The number of primary amides is 1. The number of nitrogens with one attached hydrogen (secondary N) is 2. The van der Waals surface area contributed by atoms with Gasteiger partial charge in [0.1, 0.15) is 6.04 Å². The second-order valence-corrected chi connectivity index (χ2v) is 4.80. The van der Waals surface area contributed by atoms with E-state index in [0.29, 0.717) is 18.5 Å². The molecule has 0 radical (unpaired) electrons. The first-order valence-corrected chi connectivity index (χ1v) is 6.01. The molecule has 1 unspecified atom stereocenters. The Kier molecular flexibility index (Phi) is 5.08. The van der Waals surface area contributed by atoms with Crippen molar-refractivity contribution in [2.24, 2.45) is 11.7 Å². The summed E-state index contributed by atoms with van der Waals surface area (Å²) in [7, 11) is 0. The van der Waals surface area contributed by atoms with Gasteiger partial charge in [0.2, 0.25) is 11.8 Å². The van der Waals surface area contributed by atoms with Crippen LogP contribution in [0.1, 0.15) is 33.6 Å². The van der Waals surface area contributed by atoms with E-state index in [1.54, 1.807) is 0 Å². The maximum absolute atomic E-state index is 11.2. The zero-order chi connectivity index (χ0) is 13.7. The van der Waals surface area contributed by atoms with Gasteiger partial charge < -0.3 is 20.8 Å². The van der Waals surface area contributed by atoms with Crippen molar-refractivity contribution in [3.8, 4) is 0 Å². The van der Waals surface area contributed by atoms with E-state index in [0.717, 1.165) is 0 Å². The zero-order valence-electron chi connectivity index (χ0n) is 11.2. The molecular weight excluding hydrogens is 234 g/mol. The van der Waals surface area contributed by atoms with Gasteiger partial charge >= 0.3 is 6.01 Å². The minimum Gasteiger partial charge on any atom is -0.407 e. The van der Waals surface area contributed by atoms with Gasteiger partial charge in [0.25, 0.3) is 0 Å². The van der Waals surface area contributed by atoms with Crippen LogP contribution < -0.4 is 16.4 Å². The number of amides is 1. The van der Waals surface area contributed by atoms with Crippen molar-refractivity contribution in [2.75, 3.05) is 5.32 Å². The van der Waals surface area contributed by atoms with Crippen molar-refractivity contribution < 1.29 is 9.21 Å². The van der Waals surface area contributed by atoms with E-state index < -0.39 is 11.9 Å². The number of hydrogen-bond donors (Lipinski definition) is 3. The number of nitrogens with zero attached hydrogens (tertiary/aromatic N) is 2. The Morgan fingerprint density at radius 1 is 1.33 bits per heavy atom. The molecule has 0 aliphatic heterocycles. The SMILES string of the molecule is CC(C)NCc1nnc(NC(C(N)=O)C(C)C)o1. The van der Waals surface area contributed by atoms with Gasteiger partial charge in [-0.2, -0.15) is 0 Å². The van der Waals surface area contributed by atoms with Crippen LogP contribution in [0.25, 0.3) is 0 Å². The Morgan fingerprint density at radius 2 is 2.00 bits per heavy atom. The molecule has 102 valence electrons. The molecule has 7 heteroatoms. The molecule has 7 nitrogen and oxygen atoms in total. The molecule has 0 saturated heterocycles. The molecule has 0 bridgehead atoms. The number of carbonyl (C=O) groups excluding carboxylic acids is 1. The van der Waals surface area contributed by atoms with Gasteiger partial charge in [-0.05, 0) is 5.92 Å². The van der Waals surface area contributed by atoms with Gasteiger partial charge in [0, 0.05) is 6.04 Å². The average Bonchev–Trinajstić information content (AvgIpc) is 2.70. The Labute approximate surface area is 107 Å². The molecule has 1 aromatic rings. The molecule has 0 saturated carbocycles. The van der Waals surface area contributed by atoms with Gasteiger partial charge in [0.15, 0.2) is 0 Å². The van der Waals surface area contributed by atoms with E-state index in [1.165, 1.54) is 0 Å². The second kappa shape index (κ2) is 6.34. The van der Waals surface area contributed by atoms with E-state index >= 15 is 0 Å². The average molecular weight is 255 g/mol. The van der Waals surface area contributed by atoms with Gasteiger partial charge in [-0.25, -0.2) is 0 Å². The molecule has 0 aromatic carbocycles. The fourth-order valence-electron chi connectivity index (χ4n) is 1.37. The molecule has 18 heavy (non-hydrogen) atoms. The molecule has 1 heterocycles. The number of rotatable bonds is 7. The van der Waals surface area contributed by atoms with Gasteiger partial charge in [-0.1, -0.05) is 32.8 Å². The minimum absolute atomic E-state index is 0.0478. The lowest BCUT2D eigenvalue weighted by atomic mass is 10.0. The molecule has 1 rings (SSSR count). The van der Waals surface area contributed by atoms with Crippen molar-refractivity contribution in [1.82, 2.24) is 15.5 Å². The zero-order valence-corrected chi connectivity index (χ0v) is 11.2. The summed E-state index contributed by atoms with van der Waals surface area (Å²) >= 11 is 0. The lowest BCUT2D eigenvalue weighted by molar-refractivity contribution is -0.119. The van der Waals surface area contributed by atoms with Crippen LogP contribution >= 0.6 is 0 Å². The Hall–Kier alpha value is -1.63. The van der Waals surface area contributed by atoms with Crippen molar-refractivity contribution in [1.29, 1.82) is 0 Å². The van der Waals surface area contributed by atoms with Crippen LogP contribution in [0, 0.1) is 5.92 Å². The predicted octanol–water partition coefficient (Wildman–Crippen LogP) is 0.489. The summed E-state index contributed by atoms with van der Waals surface area (Å²) in [5.74, 6) is 0.0786. The molecule has 0 aliphatic rings. The van der Waals surface area contributed by atoms with Crippen LogP contribution in [-0.4, -0.2) is 28.2 Å². The molecule has 1 aromatic heterocycles. The van der Waals surface area contributed by atoms with E-state index in [9.17, 15) is 4.79 Å². The fourth-order valence-corrected chi connectivity index (χ4v) is 1.37. The molecule has 0 aliphatic carbocycles. The first-order chi connectivity index (χ1) is 8.40. The van der Waals surface area contributed by atoms with Crippen LogP contribution in [-0.2, 0) is 11.3 Å². The van der Waals surface area contributed by atoms with Crippen LogP contribution in [0.15, 0.2) is 4.42 Å². The van der Waals surface area contributed by atoms with E-state index in [2.05, 4.69) is 20.8 Å². The highest BCUT2D eigenvalue weighted by Crippen LogP contribution is 2.11. The topological polar surface area (TPSA) is 106 Å². The summed E-state index contributed by atoms with van der Waals surface area (Å²) in [6.07, 6.45) is 0. The number of anilines is 1. The van der Waals surface area contributed by atoms with E-state index in [1.807, 2.05) is 27.7 Å². The molecule has 0 spiro atoms. The maximum atomic E-state index is 11.2. The van der Waals surface area contributed by atoms with Crippen LogP contribution in [0.4, 0.5) is 6.01 Å². The third-order valence-corrected chi connectivity index (χ3v) is 2.38. The fraction of sp³-hybridized carbons (Fsp3) is 0.727. The first-order valence-electron chi connectivity index (χ1n) is 6.01. The third-order valence-electron chi connectivity index (χ3n) is 2.38. The maximum Gasteiger partial charge on any atom is 0.316 e. The van der Waals surface area contributed by atoms with Crippen molar-refractivity contribution in [2.45, 2.75) is 46.3 Å². The van der Waals surface area contributed by atoms with Crippen LogP contribution in [0.2, 0.25) is 0 Å². The molecule has 1 atom stereocenters. The van der Waals surface area contributed by atoms with Crippen molar-refractivity contribution in [3.63, 3.8) is 0 Å². The highest BCUT2D eigenvalue weighted by atomic mass is 16.4. The normalized spacial score (nSPS) is 13.0. The Bertz CT molecular complexity index is 389. The summed E-state index contributed by atoms with van der Waals surface area (Å²) in [6.45, 7) is 8.32. The Morgan fingerprint density at radius 3 is 2.50 bits per heavy atom. The van der Waals surface area contributed by atoms with Gasteiger partial charge in [-0.3, -0.25) is 4.79 Å². The summed E-state index contributed by atoms with van der Waals surface area (Å²) < 4.78 is 5.36. The number of carbonyl (C=O) groups is 1. The first kappa shape index (κ1) is 14.4. The number of hydrogen-bond acceptors (Lipinski definition) is 6. The highest BCUT2D eigenvalue weighted by molar-refractivity contribution is 5.82. The van der Waals surface area contributed by atoms with Crippen molar-refractivity contribution in [3.05, 3.63) is 5.89 Å². The highest BCUT2D eigenvalue weighted by Gasteiger charge is 2.21. The lowest BCUT2D eigenvalue weighted by Gasteiger charge is -2.16. The van der Waals surface area contributed by atoms with E-state index in [-0.39, 0.29) is 11.9 Å². The predicted molar refractivity (Wildman–Crippen MR) is 67.7 cm³/mol. The second-order valence-electron chi connectivity index (χ2n) is 4.80. The monoisotopic (exact) mass is 255 g/mol. The van der Waals surface area contributed by atoms with E-state index in [4.69, 9.17) is 10.2 Å². The van der Waals surface area contributed by atoms with Gasteiger partial charge in [-0.15, -0.1) is 5.10 Å². The summed E-state index contributed by atoms with van der Waals surface area (Å²) in [5, 5.41) is 13.7. The van der Waals surface area contributed by atoms with Crippen molar-refractivity contribution >= 4 is 11.9 Å². The molecular formula is C11H21N5O2. The summed E-state index contributed by atoms with van der Waals surface area (Å²) in [6, 6.07) is 0.0340. The minimum atomic E-state index is -0.517. The largest absolute Gasteiger partial charge is 0.407 e. The molecule has 0 fully saturated rings. The molecule has 1 amide bonds. The third kappa shape index (κ3) is 4.33. The summed E-state index contributed by atoms with van der Waals surface area (Å²) in [4.78, 5) is 11.2. The Balaban J connectivity index is 2.59.